The second kappa shape index (κ2) is 6.18. The van der Waals surface area contributed by atoms with E-state index >= 15 is 0 Å². The van der Waals surface area contributed by atoms with Gasteiger partial charge >= 0.3 is 5.97 Å². The van der Waals surface area contributed by atoms with Gasteiger partial charge in [0.15, 0.2) is 0 Å². The second-order valence-electron chi connectivity index (χ2n) is 6.00. The zero-order chi connectivity index (χ0) is 15.6. The minimum absolute atomic E-state index is 0.00416. The molecule has 0 aliphatic carbocycles. The number of likely N-dealkylation sites (tertiary alicyclic amines) is 1. The Morgan fingerprint density at radius 1 is 1.33 bits per heavy atom. The minimum atomic E-state index is -0.826. The molecule has 4 nitrogen and oxygen atoms in total. The van der Waals surface area contributed by atoms with Crippen LogP contribution >= 0.6 is 15.9 Å². The van der Waals surface area contributed by atoms with Crippen LogP contribution in [0.5, 0.6) is 0 Å². The molecule has 0 saturated carbocycles. The summed E-state index contributed by atoms with van der Waals surface area (Å²) in [6.45, 7) is 4.53. The van der Waals surface area contributed by atoms with Crippen molar-refractivity contribution in [3.63, 3.8) is 0 Å². The van der Waals surface area contributed by atoms with Gasteiger partial charge in [0.25, 0.3) is 0 Å². The van der Waals surface area contributed by atoms with Gasteiger partial charge in [-0.25, -0.2) is 0 Å². The maximum Gasteiger partial charge on any atom is 0.311 e. The molecule has 2 atom stereocenters. The fourth-order valence-corrected chi connectivity index (χ4v) is 3.03. The molecule has 1 N–H and O–H groups in total. The fraction of sp³-hybridized carbons (Fsp3) is 0.500. The number of benzene rings is 1. The summed E-state index contributed by atoms with van der Waals surface area (Å²) >= 11 is 3.38. The molecule has 1 saturated heterocycles. The van der Waals surface area contributed by atoms with E-state index in [9.17, 15) is 14.7 Å². The zero-order valence-corrected chi connectivity index (χ0v) is 13.9. The Kier molecular flexibility index (Phi) is 4.71. The molecule has 114 valence electrons. The maximum absolute atomic E-state index is 12.6. The number of carboxylic acid groups (broad SMARTS) is 1. The number of piperidine rings is 1. The number of carbonyl (C=O) groups excluding carboxylic acids is 1. The Bertz CT molecular complexity index is 543. The lowest BCUT2D eigenvalue weighted by molar-refractivity contribution is -0.153. The van der Waals surface area contributed by atoms with Crippen molar-refractivity contribution in [3.05, 3.63) is 34.3 Å². The number of amides is 1. The van der Waals surface area contributed by atoms with E-state index in [2.05, 4.69) is 15.9 Å². The van der Waals surface area contributed by atoms with Crippen LogP contribution in [0.3, 0.4) is 0 Å². The molecule has 0 bridgehead atoms. The molecule has 21 heavy (non-hydrogen) atoms. The Hall–Kier alpha value is -1.36. The molecule has 1 amide bonds. The van der Waals surface area contributed by atoms with Crippen LogP contribution in [0.1, 0.15) is 38.2 Å². The monoisotopic (exact) mass is 353 g/mol. The van der Waals surface area contributed by atoms with E-state index in [0.717, 1.165) is 16.5 Å². The zero-order valence-electron chi connectivity index (χ0n) is 12.3. The predicted molar refractivity (Wildman–Crippen MR) is 84.1 cm³/mol. The predicted octanol–water partition coefficient (Wildman–Crippen LogP) is 3.27. The molecule has 1 aromatic carbocycles. The van der Waals surface area contributed by atoms with Crippen molar-refractivity contribution in [2.45, 2.75) is 32.6 Å². The number of halogens is 1. The molecule has 0 radical (unpaired) electrons. The van der Waals surface area contributed by atoms with Gasteiger partial charge < -0.3 is 10.0 Å². The lowest BCUT2D eigenvalue weighted by Crippen LogP contribution is -2.49. The molecule has 1 aliphatic heterocycles. The molecule has 2 unspecified atom stereocenters. The smallest absolute Gasteiger partial charge is 0.311 e. The van der Waals surface area contributed by atoms with Gasteiger partial charge in [0.1, 0.15) is 0 Å². The quantitative estimate of drug-likeness (QED) is 0.907. The number of hydrogen-bond acceptors (Lipinski definition) is 2. The van der Waals surface area contributed by atoms with Crippen LogP contribution in [-0.2, 0) is 9.59 Å². The first-order chi connectivity index (χ1) is 9.83. The molecule has 5 heteroatoms. The maximum atomic E-state index is 12.6. The van der Waals surface area contributed by atoms with Crippen LogP contribution < -0.4 is 0 Å². The standard InChI is InChI=1S/C16H20BrNO3/c1-11(12-4-6-13(17)7-5-12)14(19)18-9-3-8-16(2,10-18)15(20)21/h4-7,11H,3,8-10H2,1-2H3,(H,20,21). The minimum Gasteiger partial charge on any atom is -0.481 e. The van der Waals surface area contributed by atoms with Gasteiger partial charge in [-0.15, -0.1) is 0 Å². The third kappa shape index (κ3) is 3.46. The molecular formula is C16H20BrNO3. The average molecular weight is 354 g/mol. The van der Waals surface area contributed by atoms with E-state index in [1.165, 1.54) is 0 Å². The molecule has 1 aliphatic rings. The SMILES string of the molecule is CC(C(=O)N1CCCC(C)(C(=O)O)C1)c1ccc(Br)cc1. The number of nitrogens with zero attached hydrogens (tertiary/aromatic N) is 1. The van der Waals surface area contributed by atoms with Crippen molar-refractivity contribution in [1.29, 1.82) is 0 Å². The van der Waals surface area contributed by atoms with Gasteiger partial charge in [0.05, 0.1) is 11.3 Å². The highest BCUT2D eigenvalue weighted by molar-refractivity contribution is 9.10. The normalized spacial score (nSPS) is 23.7. The van der Waals surface area contributed by atoms with Gasteiger partial charge in [0, 0.05) is 17.6 Å². The van der Waals surface area contributed by atoms with Gasteiger partial charge in [-0.1, -0.05) is 28.1 Å². The molecule has 2 rings (SSSR count). The summed E-state index contributed by atoms with van der Waals surface area (Å²) in [6.07, 6.45) is 1.36. The summed E-state index contributed by atoms with van der Waals surface area (Å²) in [5.74, 6) is -1.07. The summed E-state index contributed by atoms with van der Waals surface area (Å²) in [6, 6.07) is 7.67. The van der Waals surface area contributed by atoms with Crippen molar-refractivity contribution >= 4 is 27.8 Å². The summed E-state index contributed by atoms with van der Waals surface area (Å²) in [5.41, 5.74) is 0.124. The highest BCUT2D eigenvalue weighted by Gasteiger charge is 2.40. The number of carbonyl (C=O) groups is 2. The van der Waals surface area contributed by atoms with E-state index in [1.54, 1.807) is 11.8 Å². The van der Waals surface area contributed by atoms with Crippen molar-refractivity contribution in [3.8, 4) is 0 Å². The van der Waals surface area contributed by atoms with Gasteiger partial charge in [0.2, 0.25) is 5.91 Å². The molecular weight excluding hydrogens is 334 g/mol. The van der Waals surface area contributed by atoms with Crippen LogP contribution in [0, 0.1) is 5.41 Å². The van der Waals surface area contributed by atoms with Crippen LogP contribution in [0.15, 0.2) is 28.7 Å². The Morgan fingerprint density at radius 2 is 1.95 bits per heavy atom. The van der Waals surface area contributed by atoms with Gasteiger partial charge in [-0.2, -0.15) is 0 Å². The second-order valence-corrected chi connectivity index (χ2v) is 6.92. The van der Waals surface area contributed by atoms with Crippen molar-refractivity contribution < 1.29 is 14.7 Å². The van der Waals surface area contributed by atoms with E-state index < -0.39 is 11.4 Å². The topological polar surface area (TPSA) is 57.6 Å². The summed E-state index contributed by atoms with van der Waals surface area (Å²) < 4.78 is 0.974. The van der Waals surface area contributed by atoms with E-state index in [1.807, 2.05) is 31.2 Å². The van der Waals surface area contributed by atoms with Gasteiger partial charge in [-0.3, -0.25) is 9.59 Å². The third-order valence-corrected chi connectivity index (χ3v) is 4.79. The van der Waals surface area contributed by atoms with E-state index in [4.69, 9.17) is 0 Å². The summed E-state index contributed by atoms with van der Waals surface area (Å²) in [5, 5.41) is 9.34. The number of hydrogen-bond donors (Lipinski definition) is 1. The molecule has 1 aromatic rings. The van der Waals surface area contributed by atoms with Crippen LogP contribution in [0.25, 0.3) is 0 Å². The number of aliphatic carboxylic acids is 1. The number of carboxylic acids is 1. The van der Waals surface area contributed by atoms with Gasteiger partial charge in [-0.05, 0) is 44.4 Å². The first-order valence-corrected chi connectivity index (χ1v) is 7.90. The number of rotatable bonds is 3. The van der Waals surface area contributed by atoms with Crippen LogP contribution in [0.4, 0.5) is 0 Å². The first kappa shape index (κ1) is 16.0. The van der Waals surface area contributed by atoms with Crippen LogP contribution in [0.2, 0.25) is 0 Å². The third-order valence-electron chi connectivity index (χ3n) is 4.26. The Morgan fingerprint density at radius 3 is 2.52 bits per heavy atom. The van der Waals surface area contributed by atoms with Crippen molar-refractivity contribution in [2.75, 3.05) is 13.1 Å². The van der Waals surface area contributed by atoms with Crippen molar-refractivity contribution in [2.24, 2.45) is 5.41 Å². The highest BCUT2D eigenvalue weighted by atomic mass is 79.9. The Labute approximate surface area is 133 Å². The molecule has 0 spiro atoms. The molecule has 0 aromatic heterocycles. The Balaban J connectivity index is 2.12. The fourth-order valence-electron chi connectivity index (χ4n) is 2.77. The lowest BCUT2D eigenvalue weighted by Gasteiger charge is -2.38. The van der Waals surface area contributed by atoms with Crippen LogP contribution in [-0.4, -0.2) is 35.0 Å². The van der Waals surface area contributed by atoms with E-state index in [-0.39, 0.29) is 11.8 Å². The summed E-state index contributed by atoms with van der Waals surface area (Å²) in [4.78, 5) is 25.7. The molecule has 1 fully saturated rings. The molecule has 1 heterocycles. The largest absolute Gasteiger partial charge is 0.481 e. The first-order valence-electron chi connectivity index (χ1n) is 7.11. The highest BCUT2D eigenvalue weighted by Crippen LogP contribution is 2.31. The van der Waals surface area contributed by atoms with E-state index in [0.29, 0.717) is 19.5 Å². The lowest BCUT2D eigenvalue weighted by atomic mass is 9.81. The average Bonchev–Trinajstić information content (AvgIpc) is 2.46. The van der Waals surface area contributed by atoms with Crippen molar-refractivity contribution in [1.82, 2.24) is 4.90 Å². The summed E-state index contributed by atoms with van der Waals surface area (Å²) in [7, 11) is 0.